The predicted molar refractivity (Wildman–Crippen MR) is 60.4 cm³/mol. The first-order chi connectivity index (χ1) is 7.29. The van der Waals surface area contributed by atoms with Gasteiger partial charge in [0.1, 0.15) is 0 Å². The first kappa shape index (κ1) is 10.2. The van der Waals surface area contributed by atoms with Crippen LogP contribution in [0.5, 0.6) is 0 Å². The topological polar surface area (TPSA) is 20.3 Å². The van der Waals surface area contributed by atoms with Crippen molar-refractivity contribution in [1.82, 2.24) is 4.90 Å². The number of hydrogen-bond acceptors (Lipinski definition) is 1. The third-order valence-electron chi connectivity index (χ3n) is 3.16. The van der Waals surface area contributed by atoms with E-state index in [1.165, 1.54) is 5.56 Å². The van der Waals surface area contributed by atoms with Crippen molar-refractivity contribution in [1.29, 1.82) is 0 Å². The van der Waals surface area contributed by atoms with E-state index in [4.69, 9.17) is 0 Å². The normalized spacial score (nSPS) is 22.6. The third-order valence-corrected chi connectivity index (χ3v) is 3.16. The largest absolute Gasteiger partial charge is 0.339 e. The predicted octanol–water partition coefficient (Wildman–Crippen LogP) is 2.76. The molecule has 1 aliphatic heterocycles. The van der Waals surface area contributed by atoms with Crippen molar-refractivity contribution >= 4 is 5.91 Å². The maximum atomic E-state index is 11.7. The molecule has 1 heterocycles. The van der Waals surface area contributed by atoms with Gasteiger partial charge in [-0.3, -0.25) is 4.79 Å². The molecule has 2 nitrogen and oxygen atoms in total. The van der Waals surface area contributed by atoms with Crippen molar-refractivity contribution in [2.45, 2.75) is 31.7 Å². The van der Waals surface area contributed by atoms with E-state index in [0.29, 0.717) is 6.42 Å². The second-order valence-corrected chi connectivity index (χ2v) is 4.18. The highest BCUT2D eigenvalue weighted by atomic mass is 16.2. The minimum atomic E-state index is 0.279. The number of nitrogens with zero attached hydrogens (tertiary/aromatic N) is 1. The van der Waals surface area contributed by atoms with Gasteiger partial charge in [0.05, 0.1) is 6.04 Å². The van der Waals surface area contributed by atoms with Gasteiger partial charge in [-0.05, 0) is 18.4 Å². The summed E-state index contributed by atoms with van der Waals surface area (Å²) in [5.74, 6) is 0.279. The lowest BCUT2D eigenvalue weighted by Gasteiger charge is -2.26. The second-order valence-electron chi connectivity index (χ2n) is 4.18. The molecule has 0 aromatic heterocycles. The third kappa shape index (κ3) is 2.20. The van der Waals surface area contributed by atoms with Crippen LogP contribution in [0.4, 0.5) is 0 Å². The summed E-state index contributed by atoms with van der Waals surface area (Å²) in [6, 6.07) is 10.6. The number of hydrogen-bond donors (Lipinski definition) is 0. The quantitative estimate of drug-likeness (QED) is 0.687. The van der Waals surface area contributed by atoms with E-state index >= 15 is 0 Å². The van der Waals surface area contributed by atoms with E-state index in [-0.39, 0.29) is 11.9 Å². The second kappa shape index (κ2) is 4.47. The first-order valence-electron chi connectivity index (χ1n) is 5.59. The van der Waals surface area contributed by atoms with Gasteiger partial charge in [-0.1, -0.05) is 36.8 Å². The molecule has 1 saturated heterocycles. The van der Waals surface area contributed by atoms with Crippen molar-refractivity contribution in [2.24, 2.45) is 0 Å². The van der Waals surface area contributed by atoms with Crippen LogP contribution in [0.25, 0.3) is 0 Å². The SMILES string of the molecule is CN1C(=O)CCCC[C@H]1c1ccccc1. The average Bonchev–Trinajstić information content (AvgIpc) is 2.44. The molecule has 1 atom stereocenters. The number of carbonyl (C=O) groups excluding carboxylic acids is 1. The van der Waals surface area contributed by atoms with Crippen LogP contribution in [0, 0.1) is 0 Å². The number of amides is 1. The molecule has 0 bridgehead atoms. The molecule has 1 aromatic rings. The van der Waals surface area contributed by atoms with Gasteiger partial charge in [-0.15, -0.1) is 0 Å². The Morgan fingerprint density at radius 2 is 1.93 bits per heavy atom. The summed E-state index contributed by atoms with van der Waals surface area (Å²) in [4.78, 5) is 13.6. The van der Waals surface area contributed by atoms with Gasteiger partial charge in [-0.2, -0.15) is 0 Å². The van der Waals surface area contributed by atoms with Crippen LogP contribution in [-0.2, 0) is 4.79 Å². The standard InChI is InChI=1S/C13H17NO/c1-14-12(9-5-6-10-13(14)15)11-7-3-2-4-8-11/h2-4,7-8,12H,5-6,9-10H2,1H3/t12-/m0/s1. The molecule has 2 rings (SSSR count). The summed E-state index contributed by atoms with van der Waals surface area (Å²) in [6.07, 6.45) is 3.98. The molecule has 0 unspecified atom stereocenters. The molecule has 1 aromatic carbocycles. The number of likely N-dealkylation sites (tertiary alicyclic amines) is 1. The molecular weight excluding hydrogens is 186 g/mol. The highest BCUT2D eigenvalue weighted by Crippen LogP contribution is 2.28. The minimum Gasteiger partial charge on any atom is -0.339 e. The van der Waals surface area contributed by atoms with Gasteiger partial charge in [0.25, 0.3) is 0 Å². The van der Waals surface area contributed by atoms with Crippen LogP contribution < -0.4 is 0 Å². The summed E-state index contributed by atoms with van der Waals surface area (Å²) in [5, 5.41) is 0. The van der Waals surface area contributed by atoms with Gasteiger partial charge in [-0.25, -0.2) is 0 Å². The molecule has 1 amide bonds. The zero-order valence-electron chi connectivity index (χ0n) is 9.15. The van der Waals surface area contributed by atoms with E-state index in [1.807, 2.05) is 30.1 Å². The van der Waals surface area contributed by atoms with E-state index in [1.54, 1.807) is 0 Å². The Bertz CT molecular complexity index is 334. The monoisotopic (exact) mass is 203 g/mol. The van der Waals surface area contributed by atoms with Crippen molar-refractivity contribution in [2.75, 3.05) is 7.05 Å². The molecule has 0 aliphatic carbocycles. The van der Waals surface area contributed by atoms with Gasteiger partial charge < -0.3 is 4.90 Å². The molecule has 15 heavy (non-hydrogen) atoms. The Hall–Kier alpha value is -1.31. The van der Waals surface area contributed by atoms with E-state index < -0.39 is 0 Å². The van der Waals surface area contributed by atoms with Crippen LogP contribution in [0.15, 0.2) is 30.3 Å². The summed E-state index contributed by atoms with van der Waals surface area (Å²) < 4.78 is 0. The van der Waals surface area contributed by atoms with Gasteiger partial charge in [0, 0.05) is 13.5 Å². The Kier molecular flexibility index (Phi) is 3.05. The van der Waals surface area contributed by atoms with Crippen LogP contribution in [0.3, 0.4) is 0 Å². The fourth-order valence-electron chi connectivity index (χ4n) is 2.22. The van der Waals surface area contributed by atoms with Crippen molar-refractivity contribution in [3.8, 4) is 0 Å². The molecule has 0 N–H and O–H groups in total. The first-order valence-corrected chi connectivity index (χ1v) is 5.59. The maximum absolute atomic E-state index is 11.7. The van der Waals surface area contributed by atoms with E-state index in [0.717, 1.165) is 19.3 Å². The minimum absolute atomic E-state index is 0.279. The lowest BCUT2D eigenvalue weighted by atomic mass is 10.0. The van der Waals surface area contributed by atoms with Gasteiger partial charge in [0.2, 0.25) is 5.91 Å². The molecule has 0 saturated carbocycles. The van der Waals surface area contributed by atoms with Crippen molar-refractivity contribution in [3.05, 3.63) is 35.9 Å². The van der Waals surface area contributed by atoms with Crippen LogP contribution in [-0.4, -0.2) is 17.9 Å². The fraction of sp³-hybridized carbons (Fsp3) is 0.462. The number of rotatable bonds is 1. The summed E-state index contributed by atoms with van der Waals surface area (Å²) in [7, 11) is 1.92. The summed E-state index contributed by atoms with van der Waals surface area (Å²) in [5.41, 5.74) is 1.26. The Morgan fingerprint density at radius 3 is 2.67 bits per heavy atom. The molecule has 1 fully saturated rings. The van der Waals surface area contributed by atoms with Crippen LogP contribution in [0.1, 0.15) is 37.3 Å². The van der Waals surface area contributed by atoms with E-state index in [9.17, 15) is 4.79 Å². The highest BCUT2D eigenvalue weighted by molar-refractivity contribution is 5.76. The molecule has 80 valence electrons. The van der Waals surface area contributed by atoms with Crippen LogP contribution >= 0.6 is 0 Å². The lowest BCUT2D eigenvalue weighted by Crippen LogP contribution is -2.29. The van der Waals surface area contributed by atoms with Gasteiger partial charge in [0.15, 0.2) is 0 Å². The summed E-state index contributed by atoms with van der Waals surface area (Å²) >= 11 is 0. The number of carbonyl (C=O) groups is 1. The Morgan fingerprint density at radius 1 is 1.20 bits per heavy atom. The number of benzene rings is 1. The fourth-order valence-corrected chi connectivity index (χ4v) is 2.22. The highest BCUT2D eigenvalue weighted by Gasteiger charge is 2.23. The zero-order chi connectivity index (χ0) is 10.7. The lowest BCUT2D eigenvalue weighted by molar-refractivity contribution is -0.131. The van der Waals surface area contributed by atoms with Gasteiger partial charge >= 0.3 is 0 Å². The van der Waals surface area contributed by atoms with Crippen molar-refractivity contribution < 1.29 is 4.79 Å². The molecular formula is C13H17NO. The van der Waals surface area contributed by atoms with E-state index in [2.05, 4.69) is 12.1 Å². The maximum Gasteiger partial charge on any atom is 0.222 e. The molecule has 0 spiro atoms. The molecule has 2 heteroatoms. The van der Waals surface area contributed by atoms with Crippen LogP contribution in [0.2, 0.25) is 0 Å². The Balaban J connectivity index is 2.23. The van der Waals surface area contributed by atoms with Crippen molar-refractivity contribution in [3.63, 3.8) is 0 Å². The smallest absolute Gasteiger partial charge is 0.222 e. The summed E-state index contributed by atoms with van der Waals surface area (Å²) in [6.45, 7) is 0. The zero-order valence-corrected chi connectivity index (χ0v) is 9.15. The average molecular weight is 203 g/mol. The Labute approximate surface area is 90.9 Å². The molecule has 1 aliphatic rings. The molecule has 0 radical (unpaired) electrons.